The van der Waals surface area contributed by atoms with Crippen molar-refractivity contribution in [3.8, 4) is 11.4 Å². The van der Waals surface area contributed by atoms with Gasteiger partial charge in [0.05, 0.1) is 31.6 Å². The normalized spacial score (nSPS) is 16.9. The number of morpholine rings is 1. The van der Waals surface area contributed by atoms with E-state index in [1.54, 1.807) is 12.1 Å². The number of benzene rings is 1. The number of hydrogen-bond acceptors (Lipinski definition) is 6. The second-order valence-electron chi connectivity index (χ2n) is 6.38. The van der Waals surface area contributed by atoms with Gasteiger partial charge in [0.25, 0.3) is 0 Å². The first-order valence-electron chi connectivity index (χ1n) is 9.09. The van der Waals surface area contributed by atoms with E-state index < -0.39 is 0 Å². The minimum Gasteiger partial charge on any atom is -0.390 e. The Morgan fingerprint density at radius 2 is 2.11 bits per heavy atom. The summed E-state index contributed by atoms with van der Waals surface area (Å²) in [6.07, 6.45) is 0. The zero-order valence-electron chi connectivity index (χ0n) is 15.6. The van der Waals surface area contributed by atoms with Crippen molar-refractivity contribution < 1.29 is 14.6 Å². The Morgan fingerprint density at radius 1 is 1.33 bits per heavy atom. The number of carbonyl (C=O) groups is 1. The summed E-state index contributed by atoms with van der Waals surface area (Å²) < 4.78 is 5.49. The van der Waals surface area contributed by atoms with Crippen LogP contribution in [0.1, 0.15) is 19.5 Å². The molecule has 2 aromatic rings. The van der Waals surface area contributed by atoms with E-state index in [0.29, 0.717) is 37.0 Å². The van der Waals surface area contributed by atoms with Gasteiger partial charge in [0.2, 0.25) is 0 Å². The molecule has 1 aliphatic heterocycles. The second kappa shape index (κ2) is 8.79. The minimum atomic E-state index is -0.243. The van der Waals surface area contributed by atoms with E-state index in [2.05, 4.69) is 27.4 Å². The molecule has 1 aromatic carbocycles. The molecule has 2 heterocycles. The summed E-state index contributed by atoms with van der Waals surface area (Å²) in [6, 6.07) is 9.09. The van der Waals surface area contributed by atoms with Gasteiger partial charge in [0, 0.05) is 30.4 Å². The summed E-state index contributed by atoms with van der Waals surface area (Å²) in [5.41, 5.74) is 2.07. The minimum absolute atomic E-state index is 0.155. The molecule has 1 atom stereocenters. The topological polar surface area (TPSA) is 99.6 Å². The lowest BCUT2D eigenvalue weighted by molar-refractivity contribution is 0.0985. The van der Waals surface area contributed by atoms with Crippen LogP contribution in [0.4, 0.5) is 16.3 Å². The molecule has 0 bridgehead atoms. The molecule has 0 aliphatic carbocycles. The van der Waals surface area contributed by atoms with Crippen LogP contribution in [0.25, 0.3) is 11.4 Å². The Labute approximate surface area is 158 Å². The summed E-state index contributed by atoms with van der Waals surface area (Å²) in [7, 11) is 0. The molecular formula is C19H25N5O3. The molecule has 0 spiro atoms. The van der Waals surface area contributed by atoms with Crippen LogP contribution in [0.5, 0.6) is 0 Å². The molecule has 0 radical (unpaired) electrons. The number of nitrogens with one attached hydrogen (secondary N) is 2. The summed E-state index contributed by atoms with van der Waals surface area (Å²) >= 11 is 0. The van der Waals surface area contributed by atoms with E-state index in [0.717, 1.165) is 17.9 Å². The van der Waals surface area contributed by atoms with Gasteiger partial charge in [-0.15, -0.1) is 0 Å². The Balaban J connectivity index is 1.85. The van der Waals surface area contributed by atoms with Gasteiger partial charge in [0.15, 0.2) is 5.82 Å². The number of amides is 2. The predicted octanol–water partition coefficient (Wildman–Crippen LogP) is 2.00. The maximum absolute atomic E-state index is 11.6. The number of carbonyl (C=O) groups excluding carboxylic acids is 1. The first-order valence-corrected chi connectivity index (χ1v) is 9.09. The highest BCUT2D eigenvalue weighted by atomic mass is 16.5. The van der Waals surface area contributed by atoms with E-state index in [1.165, 1.54) is 0 Å². The highest BCUT2D eigenvalue weighted by Crippen LogP contribution is 2.24. The van der Waals surface area contributed by atoms with Crippen LogP contribution < -0.4 is 15.5 Å². The lowest BCUT2D eigenvalue weighted by atomic mass is 10.2. The molecule has 1 aliphatic rings. The smallest absolute Gasteiger partial charge is 0.319 e. The molecule has 1 fully saturated rings. The molecule has 3 N–H and O–H groups in total. The quantitative estimate of drug-likeness (QED) is 0.743. The number of hydrogen-bond donors (Lipinski definition) is 3. The van der Waals surface area contributed by atoms with Crippen LogP contribution in [0.15, 0.2) is 30.3 Å². The molecule has 0 saturated carbocycles. The molecule has 0 unspecified atom stereocenters. The SMILES string of the molecule is CCNC(=O)Nc1ccc(-c2nc(CO)cc(N3CCOC[C@H]3C)n2)cc1. The first-order chi connectivity index (χ1) is 13.1. The van der Waals surface area contributed by atoms with Crippen LogP contribution >= 0.6 is 0 Å². The third-order valence-corrected chi connectivity index (χ3v) is 4.33. The van der Waals surface area contributed by atoms with Gasteiger partial charge in [-0.1, -0.05) is 0 Å². The number of ether oxygens (including phenoxy) is 1. The molecule has 8 heteroatoms. The number of aliphatic hydroxyl groups excluding tert-OH is 1. The van der Waals surface area contributed by atoms with Gasteiger partial charge >= 0.3 is 6.03 Å². The summed E-state index contributed by atoms with van der Waals surface area (Å²) in [4.78, 5) is 22.9. The number of urea groups is 1. The second-order valence-corrected chi connectivity index (χ2v) is 6.38. The lowest BCUT2D eigenvalue weighted by Gasteiger charge is -2.34. The van der Waals surface area contributed by atoms with E-state index in [4.69, 9.17) is 9.72 Å². The average Bonchev–Trinajstić information content (AvgIpc) is 2.68. The highest BCUT2D eigenvalue weighted by molar-refractivity contribution is 5.89. The van der Waals surface area contributed by atoms with E-state index >= 15 is 0 Å². The van der Waals surface area contributed by atoms with Crippen molar-refractivity contribution in [3.05, 3.63) is 36.0 Å². The fourth-order valence-electron chi connectivity index (χ4n) is 2.95. The largest absolute Gasteiger partial charge is 0.390 e. The van der Waals surface area contributed by atoms with Crippen LogP contribution in [0.3, 0.4) is 0 Å². The molecule has 27 heavy (non-hydrogen) atoms. The van der Waals surface area contributed by atoms with Crippen molar-refractivity contribution in [1.82, 2.24) is 15.3 Å². The van der Waals surface area contributed by atoms with Crippen LogP contribution in [0.2, 0.25) is 0 Å². The van der Waals surface area contributed by atoms with Gasteiger partial charge < -0.3 is 25.4 Å². The maximum Gasteiger partial charge on any atom is 0.319 e. The highest BCUT2D eigenvalue weighted by Gasteiger charge is 2.21. The van der Waals surface area contributed by atoms with Crippen molar-refractivity contribution in [3.63, 3.8) is 0 Å². The van der Waals surface area contributed by atoms with Gasteiger partial charge in [-0.25, -0.2) is 14.8 Å². The van der Waals surface area contributed by atoms with E-state index in [9.17, 15) is 9.90 Å². The summed E-state index contributed by atoms with van der Waals surface area (Å²) in [5, 5.41) is 15.0. The number of rotatable bonds is 5. The van der Waals surface area contributed by atoms with Gasteiger partial charge in [0.1, 0.15) is 5.82 Å². The van der Waals surface area contributed by atoms with Crippen molar-refractivity contribution >= 4 is 17.5 Å². The van der Waals surface area contributed by atoms with Gasteiger partial charge in [-0.3, -0.25) is 0 Å². The molecule has 3 rings (SSSR count). The monoisotopic (exact) mass is 371 g/mol. The maximum atomic E-state index is 11.6. The molecule has 8 nitrogen and oxygen atoms in total. The van der Waals surface area contributed by atoms with E-state index in [-0.39, 0.29) is 18.7 Å². The average molecular weight is 371 g/mol. The number of aromatic nitrogens is 2. The fraction of sp³-hybridized carbons (Fsp3) is 0.421. The molecule has 2 amide bonds. The summed E-state index contributed by atoms with van der Waals surface area (Å²) in [6.45, 7) is 6.40. The third kappa shape index (κ3) is 4.72. The third-order valence-electron chi connectivity index (χ3n) is 4.33. The van der Waals surface area contributed by atoms with Gasteiger partial charge in [-0.05, 0) is 38.1 Å². The molecule has 144 valence electrons. The summed E-state index contributed by atoms with van der Waals surface area (Å²) in [5.74, 6) is 1.32. The number of nitrogens with zero attached hydrogens (tertiary/aromatic N) is 3. The molecule has 1 saturated heterocycles. The zero-order chi connectivity index (χ0) is 19.2. The van der Waals surface area contributed by atoms with E-state index in [1.807, 2.05) is 25.1 Å². The zero-order valence-corrected chi connectivity index (χ0v) is 15.6. The molecule has 1 aromatic heterocycles. The van der Waals surface area contributed by atoms with Crippen molar-refractivity contribution in [2.24, 2.45) is 0 Å². The number of aliphatic hydroxyl groups is 1. The van der Waals surface area contributed by atoms with Crippen LogP contribution in [0, 0.1) is 0 Å². The molecular weight excluding hydrogens is 346 g/mol. The lowest BCUT2D eigenvalue weighted by Crippen LogP contribution is -2.44. The Morgan fingerprint density at radius 3 is 2.78 bits per heavy atom. The number of anilines is 2. The fourth-order valence-corrected chi connectivity index (χ4v) is 2.95. The Kier molecular flexibility index (Phi) is 6.20. The van der Waals surface area contributed by atoms with Crippen LogP contribution in [-0.4, -0.2) is 53.5 Å². The van der Waals surface area contributed by atoms with Crippen molar-refractivity contribution in [1.29, 1.82) is 0 Å². The predicted molar refractivity (Wildman–Crippen MR) is 104 cm³/mol. The Hall–Kier alpha value is -2.71. The first kappa shape index (κ1) is 19.1. The van der Waals surface area contributed by atoms with Crippen LogP contribution in [-0.2, 0) is 11.3 Å². The Bertz CT molecular complexity index is 781. The van der Waals surface area contributed by atoms with Gasteiger partial charge in [-0.2, -0.15) is 0 Å². The standard InChI is InChI=1S/C19H25N5O3/c1-3-20-19(26)22-15-6-4-14(5-7-15)18-21-16(11-25)10-17(23-18)24-8-9-27-12-13(24)2/h4-7,10,13,25H,3,8-9,11-12H2,1-2H3,(H2,20,22,26)/t13-/m1/s1. The van der Waals surface area contributed by atoms with Crippen molar-refractivity contribution in [2.75, 3.05) is 36.5 Å². The van der Waals surface area contributed by atoms with Crippen molar-refractivity contribution in [2.45, 2.75) is 26.5 Å².